The number of carbonyl (C=O) groups is 2. The van der Waals surface area contributed by atoms with E-state index in [1.165, 1.54) is 38.0 Å². The minimum Gasteiger partial charge on any atom is -0.366 e. The molecule has 2 saturated carbocycles. The summed E-state index contributed by atoms with van der Waals surface area (Å²) in [6.45, 7) is 5.52. The molecule has 1 heterocycles. The normalized spacial score (nSPS) is 22.4. The van der Waals surface area contributed by atoms with Crippen molar-refractivity contribution in [1.29, 1.82) is 0 Å². The van der Waals surface area contributed by atoms with Gasteiger partial charge in [-0.25, -0.2) is 4.98 Å². The van der Waals surface area contributed by atoms with E-state index in [0.29, 0.717) is 34.0 Å². The number of amides is 2. The maximum atomic E-state index is 12.2. The lowest BCUT2D eigenvalue weighted by molar-refractivity contribution is -0.117. The number of benzene rings is 1. The molecule has 8 nitrogen and oxygen atoms in total. The quantitative estimate of drug-likeness (QED) is 0.392. The summed E-state index contributed by atoms with van der Waals surface area (Å²) in [6, 6.07) is 5.10. The van der Waals surface area contributed by atoms with Gasteiger partial charge in [0.25, 0.3) is 0 Å². The Morgan fingerprint density at radius 2 is 1.91 bits per heavy atom. The molecule has 2 aromatic rings. The number of anilines is 3. The minimum absolute atomic E-state index is 0.0169. The summed E-state index contributed by atoms with van der Waals surface area (Å²) in [7, 11) is 0. The van der Waals surface area contributed by atoms with Crippen molar-refractivity contribution in [2.75, 3.05) is 10.6 Å². The van der Waals surface area contributed by atoms with E-state index in [9.17, 15) is 9.59 Å². The van der Waals surface area contributed by atoms with Gasteiger partial charge in [0.05, 0.1) is 6.20 Å². The Morgan fingerprint density at radius 1 is 1.14 bits per heavy atom. The lowest BCUT2D eigenvalue weighted by atomic mass is 9.75. The zero-order chi connectivity index (χ0) is 24.9. The molecule has 3 atom stereocenters. The third-order valence-corrected chi connectivity index (χ3v) is 7.58. The molecule has 4 rings (SSSR count). The Hall–Kier alpha value is -3.13. The number of rotatable bonds is 8. The van der Waals surface area contributed by atoms with E-state index in [0.717, 1.165) is 30.7 Å². The smallest absolute Gasteiger partial charge is 0.248 e. The highest BCUT2D eigenvalue weighted by molar-refractivity contribution is 6.32. The van der Waals surface area contributed by atoms with Crippen LogP contribution in [0.1, 0.15) is 60.9 Å². The van der Waals surface area contributed by atoms with Gasteiger partial charge in [-0.1, -0.05) is 49.9 Å². The molecule has 0 radical (unpaired) electrons. The van der Waals surface area contributed by atoms with Gasteiger partial charge in [0.15, 0.2) is 5.82 Å². The fraction of sp³-hybridized carbons (Fsp3) is 0.462. The van der Waals surface area contributed by atoms with Crippen LogP contribution < -0.4 is 21.7 Å². The highest BCUT2D eigenvalue weighted by atomic mass is 35.5. The van der Waals surface area contributed by atoms with Crippen molar-refractivity contribution in [2.45, 2.75) is 64.0 Å². The fourth-order valence-electron chi connectivity index (χ4n) is 5.37. The second kappa shape index (κ2) is 11.1. The highest BCUT2D eigenvalue weighted by Gasteiger charge is 2.36. The number of nitrogens with one attached hydrogen (secondary N) is 3. The fourth-order valence-corrected chi connectivity index (χ4v) is 5.51. The van der Waals surface area contributed by atoms with Gasteiger partial charge in [-0.2, -0.15) is 4.98 Å². The van der Waals surface area contributed by atoms with E-state index in [-0.39, 0.29) is 18.0 Å². The first-order chi connectivity index (χ1) is 16.8. The average Bonchev–Trinajstić information content (AvgIpc) is 3.38. The third-order valence-electron chi connectivity index (χ3n) is 7.31. The first kappa shape index (κ1) is 25.0. The van der Waals surface area contributed by atoms with Gasteiger partial charge >= 0.3 is 0 Å². The van der Waals surface area contributed by atoms with E-state index in [4.69, 9.17) is 17.3 Å². The molecule has 35 heavy (non-hydrogen) atoms. The van der Waals surface area contributed by atoms with Crippen molar-refractivity contribution in [1.82, 2.24) is 15.3 Å². The predicted octanol–water partition coefficient (Wildman–Crippen LogP) is 4.72. The molecule has 0 aliphatic heterocycles. The second-order valence-electron chi connectivity index (χ2n) is 9.60. The van der Waals surface area contributed by atoms with E-state index in [1.54, 1.807) is 12.1 Å². The number of aryl methyl sites for hydroxylation is 1. The third kappa shape index (κ3) is 6.11. The first-order valence-electron chi connectivity index (χ1n) is 12.2. The number of carbonyl (C=O) groups excluding carboxylic acids is 2. The van der Waals surface area contributed by atoms with Gasteiger partial charge in [-0.15, -0.1) is 0 Å². The van der Waals surface area contributed by atoms with Crippen molar-refractivity contribution < 1.29 is 9.59 Å². The highest BCUT2D eigenvalue weighted by Crippen LogP contribution is 2.40. The number of primary amides is 1. The molecule has 9 heteroatoms. The van der Waals surface area contributed by atoms with Crippen LogP contribution in [0.4, 0.5) is 17.5 Å². The summed E-state index contributed by atoms with van der Waals surface area (Å²) >= 11 is 6.45. The molecule has 2 aliphatic rings. The Morgan fingerprint density at radius 3 is 2.63 bits per heavy atom. The summed E-state index contributed by atoms with van der Waals surface area (Å²) < 4.78 is 0. The van der Waals surface area contributed by atoms with Crippen LogP contribution in [0.3, 0.4) is 0 Å². The van der Waals surface area contributed by atoms with Gasteiger partial charge in [-0.3, -0.25) is 9.59 Å². The van der Waals surface area contributed by atoms with Crippen molar-refractivity contribution in [3.63, 3.8) is 0 Å². The molecule has 2 amide bonds. The molecule has 0 bridgehead atoms. The molecule has 2 fully saturated rings. The van der Waals surface area contributed by atoms with E-state index < -0.39 is 5.91 Å². The minimum atomic E-state index is -0.506. The lowest BCUT2D eigenvalue weighted by Gasteiger charge is -2.39. The average molecular weight is 497 g/mol. The van der Waals surface area contributed by atoms with Crippen LogP contribution in [0, 0.1) is 18.8 Å². The summed E-state index contributed by atoms with van der Waals surface area (Å²) in [5, 5.41) is 10.1. The van der Waals surface area contributed by atoms with Crippen molar-refractivity contribution in [3.8, 4) is 0 Å². The number of nitrogens with two attached hydrogens (primary N) is 1. The number of hydrogen-bond donors (Lipinski definition) is 4. The standard InChI is InChI=1S/C26H33ClN6O2/c1-3-23(34)30-22-12-17(16-6-4-5-7-16)10-11-20(22)31-25-19(27)14-29-26(33-25)32-21-13-18(24(28)35)9-8-15(21)2/h3,8-9,13-14,16-17,20,22H,1,4-7,10-12H2,2H3,(H2,28,35)(H,30,34)(H2,29,31,32,33)/t17?,20-,22-/m0/s1. The summed E-state index contributed by atoms with van der Waals surface area (Å²) in [4.78, 5) is 32.6. The van der Waals surface area contributed by atoms with Crippen molar-refractivity contribution in [2.24, 2.45) is 17.6 Å². The maximum Gasteiger partial charge on any atom is 0.248 e. The molecule has 1 aromatic heterocycles. The zero-order valence-electron chi connectivity index (χ0n) is 20.0. The topological polar surface area (TPSA) is 122 Å². The molecule has 186 valence electrons. The summed E-state index contributed by atoms with van der Waals surface area (Å²) in [5.74, 6) is 1.52. The zero-order valence-corrected chi connectivity index (χ0v) is 20.8. The van der Waals surface area contributed by atoms with E-state index in [2.05, 4.69) is 32.5 Å². The summed E-state index contributed by atoms with van der Waals surface area (Å²) in [6.07, 6.45) is 11.0. The maximum absolute atomic E-state index is 12.2. The Kier molecular flexibility index (Phi) is 7.90. The van der Waals surface area contributed by atoms with Crippen LogP contribution >= 0.6 is 11.6 Å². The number of hydrogen-bond acceptors (Lipinski definition) is 6. The van der Waals surface area contributed by atoms with Crippen LogP contribution in [0.2, 0.25) is 5.02 Å². The van der Waals surface area contributed by atoms with Crippen molar-refractivity contribution >= 4 is 40.9 Å². The molecular formula is C26H33ClN6O2. The van der Waals surface area contributed by atoms with Crippen LogP contribution in [0.15, 0.2) is 37.1 Å². The molecular weight excluding hydrogens is 464 g/mol. The first-order valence-corrected chi connectivity index (χ1v) is 12.6. The van der Waals surface area contributed by atoms with Crippen LogP contribution in [-0.2, 0) is 4.79 Å². The van der Waals surface area contributed by atoms with Gasteiger partial charge < -0.3 is 21.7 Å². The van der Waals surface area contributed by atoms with Crippen LogP contribution in [0.25, 0.3) is 0 Å². The largest absolute Gasteiger partial charge is 0.366 e. The Balaban J connectivity index is 1.51. The van der Waals surface area contributed by atoms with E-state index >= 15 is 0 Å². The Labute approximate surface area is 211 Å². The van der Waals surface area contributed by atoms with Crippen LogP contribution in [-0.4, -0.2) is 33.9 Å². The molecule has 0 saturated heterocycles. The van der Waals surface area contributed by atoms with E-state index in [1.807, 2.05) is 13.0 Å². The van der Waals surface area contributed by atoms with Crippen molar-refractivity contribution in [3.05, 3.63) is 53.2 Å². The lowest BCUT2D eigenvalue weighted by Crippen LogP contribution is -2.50. The van der Waals surface area contributed by atoms with Gasteiger partial charge in [0.1, 0.15) is 5.02 Å². The number of nitrogens with zero attached hydrogens (tertiary/aromatic N) is 2. The molecule has 2 aliphatic carbocycles. The predicted molar refractivity (Wildman–Crippen MR) is 139 cm³/mol. The molecule has 1 aromatic carbocycles. The SMILES string of the molecule is C=CC(=O)N[C@H]1CC(C2CCCC2)CC[C@@H]1Nc1nc(Nc2cc(C(N)=O)ccc2C)ncc1Cl. The molecule has 5 N–H and O–H groups in total. The van der Waals surface area contributed by atoms with Gasteiger partial charge in [0, 0.05) is 23.3 Å². The summed E-state index contributed by atoms with van der Waals surface area (Å²) in [5.41, 5.74) is 7.41. The van der Waals surface area contributed by atoms with Gasteiger partial charge in [0.2, 0.25) is 17.8 Å². The molecule has 0 spiro atoms. The Bertz CT molecular complexity index is 1100. The number of halogens is 1. The molecule has 1 unspecified atom stereocenters. The number of aromatic nitrogens is 2. The van der Waals surface area contributed by atoms with Gasteiger partial charge in [-0.05, 0) is 61.8 Å². The van der Waals surface area contributed by atoms with Crippen LogP contribution in [0.5, 0.6) is 0 Å². The second-order valence-corrected chi connectivity index (χ2v) is 10.0. The monoisotopic (exact) mass is 496 g/mol.